The molecular weight excluding hydrogens is 498 g/mol. The molecular formula is C22H25BrClN5O3. The van der Waals surface area contributed by atoms with E-state index in [0.29, 0.717) is 23.1 Å². The number of hydrogen-bond donors (Lipinski definition) is 3. The standard InChI is InChI=1S/C22H25BrClN5O3/c1-28(2)9-4-10-32-20-8-6-15(12-16(20)21-17(23)13-25-29(21)3)26-22(31)27-18-7-5-14(24)11-19(18)30/h5-8,11-13,30H,4,9-10H2,1-3H3,(H2,26,27,31). The average Bonchev–Trinajstić information content (AvgIpc) is 3.06. The third-order valence-electron chi connectivity index (χ3n) is 4.60. The molecule has 170 valence electrons. The van der Waals surface area contributed by atoms with Gasteiger partial charge in [0.05, 0.1) is 28.7 Å². The molecule has 0 saturated carbocycles. The van der Waals surface area contributed by atoms with Crippen LogP contribution in [0.15, 0.2) is 47.1 Å². The van der Waals surface area contributed by atoms with E-state index in [1.165, 1.54) is 12.1 Å². The molecule has 3 N–H and O–H groups in total. The molecule has 0 aliphatic carbocycles. The summed E-state index contributed by atoms with van der Waals surface area (Å²) in [6.45, 7) is 1.48. The molecule has 2 aromatic carbocycles. The number of aromatic nitrogens is 2. The summed E-state index contributed by atoms with van der Waals surface area (Å²) in [7, 11) is 5.88. The van der Waals surface area contributed by atoms with Crippen molar-refractivity contribution in [2.45, 2.75) is 6.42 Å². The van der Waals surface area contributed by atoms with Crippen molar-refractivity contribution in [1.29, 1.82) is 0 Å². The lowest BCUT2D eigenvalue weighted by Crippen LogP contribution is -2.19. The molecule has 0 saturated heterocycles. The number of aryl methyl sites for hydroxylation is 1. The van der Waals surface area contributed by atoms with Gasteiger partial charge in [0.25, 0.3) is 0 Å². The molecule has 0 radical (unpaired) electrons. The van der Waals surface area contributed by atoms with Crippen LogP contribution in [0.25, 0.3) is 11.3 Å². The Kier molecular flexibility index (Phi) is 8.00. The number of anilines is 2. The lowest BCUT2D eigenvalue weighted by Gasteiger charge is -2.16. The molecule has 0 aliphatic heterocycles. The number of nitrogens with one attached hydrogen (secondary N) is 2. The van der Waals surface area contributed by atoms with E-state index in [2.05, 4.69) is 36.6 Å². The van der Waals surface area contributed by atoms with Crippen LogP contribution in [0.5, 0.6) is 11.5 Å². The minimum Gasteiger partial charge on any atom is -0.506 e. The Bertz CT molecular complexity index is 1080. The fourth-order valence-corrected chi connectivity index (χ4v) is 3.82. The lowest BCUT2D eigenvalue weighted by atomic mass is 10.1. The Morgan fingerprint density at radius 3 is 2.69 bits per heavy atom. The van der Waals surface area contributed by atoms with Crippen molar-refractivity contribution in [3.05, 3.63) is 52.1 Å². The molecule has 0 spiro atoms. The van der Waals surface area contributed by atoms with E-state index in [9.17, 15) is 9.90 Å². The van der Waals surface area contributed by atoms with Gasteiger partial charge in [0.2, 0.25) is 0 Å². The maximum Gasteiger partial charge on any atom is 0.323 e. The molecule has 1 aromatic heterocycles. The summed E-state index contributed by atoms with van der Waals surface area (Å²) < 4.78 is 8.59. The zero-order valence-corrected chi connectivity index (χ0v) is 20.4. The molecule has 0 unspecified atom stereocenters. The van der Waals surface area contributed by atoms with E-state index in [-0.39, 0.29) is 11.4 Å². The monoisotopic (exact) mass is 521 g/mol. The molecule has 8 nitrogen and oxygen atoms in total. The van der Waals surface area contributed by atoms with Crippen LogP contribution in [-0.2, 0) is 7.05 Å². The molecule has 0 bridgehead atoms. The summed E-state index contributed by atoms with van der Waals surface area (Å²) in [5.74, 6) is 0.572. The van der Waals surface area contributed by atoms with Crippen molar-refractivity contribution < 1.29 is 14.6 Å². The smallest absolute Gasteiger partial charge is 0.323 e. The SMILES string of the molecule is CN(C)CCCOc1ccc(NC(=O)Nc2ccc(Cl)cc2O)cc1-c1c(Br)cnn1C. The highest BCUT2D eigenvalue weighted by Crippen LogP contribution is 2.37. The van der Waals surface area contributed by atoms with Gasteiger partial charge in [-0.15, -0.1) is 0 Å². The van der Waals surface area contributed by atoms with Crippen molar-refractivity contribution >= 4 is 44.9 Å². The largest absolute Gasteiger partial charge is 0.506 e. The first-order valence-electron chi connectivity index (χ1n) is 9.90. The normalized spacial score (nSPS) is 10.9. The molecule has 1 heterocycles. The van der Waals surface area contributed by atoms with E-state index < -0.39 is 6.03 Å². The molecule has 10 heteroatoms. The van der Waals surface area contributed by atoms with Crippen molar-refractivity contribution in [3.63, 3.8) is 0 Å². The summed E-state index contributed by atoms with van der Waals surface area (Å²) in [5, 5.41) is 20.0. The Labute approximate surface area is 200 Å². The van der Waals surface area contributed by atoms with Gasteiger partial charge in [0.15, 0.2) is 0 Å². The van der Waals surface area contributed by atoms with Crippen LogP contribution >= 0.6 is 27.5 Å². The second-order valence-corrected chi connectivity index (χ2v) is 8.71. The molecule has 3 aromatic rings. The van der Waals surface area contributed by atoms with Crippen LogP contribution in [0.3, 0.4) is 0 Å². The topological polar surface area (TPSA) is 91.7 Å². The third-order valence-corrected chi connectivity index (χ3v) is 5.42. The summed E-state index contributed by atoms with van der Waals surface area (Å²) in [4.78, 5) is 14.6. The van der Waals surface area contributed by atoms with E-state index in [1.54, 1.807) is 23.0 Å². The first-order chi connectivity index (χ1) is 15.2. The summed E-state index contributed by atoms with van der Waals surface area (Å²) >= 11 is 9.38. The van der Waals surface area contributed by atoms with Crippen molar-refractivity contribution in [2.24, 2.45) is 7.05 Å². The number of phenols is 1. The fourth-order valence-electron chi connectivity index (χ4n) is 3.09. The second-order valence-electron chi connectivity index (χ2n) is 7.42. The third kappa shape index (κ3) is 6.15. The number of phenolic OH excluding ortho intramolecular Hbond substituents is 1. The van der Waals surface area contributed by atoms with Crippen LogP contribution in [0.2, 0.25) is 5.02 Å². The van der Waals surface area contributed by atoms with Gasteiger partial charge < -0.3 is 25.4 Å². The fraction of sp³-hybridized carbons (Fsp3) is 0.273. The van der Waals surface area contributed by atoms with Crippen LogP contribution in [0, 0.1) is 0 Å². The number of nitrogens with zero attached hydrogens (tertiary/aromatic N) is 3. The van der Waals surface area contributed by atoms with Gasteiger partial charge in [-0.1, -0.05) is 11.6 Å². The van der Waals surface area contributed by atoms with Crippen LogP contribution in [-0.4, -0.2) is 53.1 Å². The molecule has 32 heavy (non-hydrogen) atoms. The summed E-state index contributed by atoms with van der Waals surface area (Å²) in [6.07, 6.45) is 2.59. The number of urea groups is 1. The number of ether oxygens (including phenoxy) is 1. The quantitative estimate of drug-likeness (QED) is 0.280. The predicted octanol–water partition coefficient (Wildman–Crippen LogP) is 5.18. The van der Waals surface area contributed by atoms with Gasteiger partial charge in [0.1, 0.15) is 11.5 Å². The Morgan fingerprint density at radius 2 is 2.03 bits per heavy atom. The van der Waals surface area contributed by atoms with Crippen molar-refractivity contribution in [3.8, 4) is 22.8 Å². The van der Waals surface area contributed by atoms with Gasteiger partial charge in [-0.25, -0.2) is 4.79 Å². The first-order valence-corrected chi connectivity index (χ1v) is 11.1. The number of carbonyl (C=O) groups excluding carboxylic acids is 1. The highest BCUT2D eigenvalue weighted by molar-refractivity contribution is 9.10. The molecule has 2 amide bonds. The Morgan fingerprint density at radius 1 is 1.25 bits per heavy atom. The van der Waals surface area contributed by atoms with Crippen LogP contribution < -0.4 is 15.4 Å². The highest BCUT2D eigenvalue weighted by atomic mass is 79.9. The van der Waals surface area contributed by atoms with Crippen molar-refractivity contribution in [2.75, 3.05) is 37.9 Å². The highest BCUT2D eigenvalue weighted by Gasteiger charge is 2.16. The second kappa shape index (κ2) is 10.7. The van der Waals surface area contributed by atoms with Gasteiger partial charge in [-0.05, 0) is 66.8 Å². The molecule has 0 atom stereocenters. The molecule has 0 fully saturated rings. The number of aromatic hydroxyl groups is 1. The van der Waals surface area contributed by atoms with E-state index in [0.717, 1.165) is 28.7 Å². The number of benzene rings is 2. The zero-order chi connectivity index (χ0) is 23.3. The molecule has 3 rings (SSSR count). The van der Waals surface area contributed by atoms with E-state index in [1.807, 2.05) is 33.3 Å². The number of carbonyl (C=O) groups is 1. The number of rotatable bonds is 8. The van der Waals surface area contributed by atoms with E-state index in [4.69, 9.17) is 16.3 Å². The number of hydrogen-bond acceptors (Lipinski definition) is 5. The maximum atomic E-state index is 12.5. The first kappa shape index (κ1) is 23.9. The minimum atomic E-state index is -0.503. The minimum absolute atomic E-state index is 0.117. The van der Waals surface area contributed by atoms with Gasteiger partial charge in [0, 0.05) is 35.9 Å². The van der Waals surface area contributed by atoms with Crippen LogP contribution in [0.1, 0.15) is 6.42 Å². The summed E-state index contributed by atoms with van der Waals surface area (Å²) in [5.41, 5.74) is 2.42. The lowest BCUT2D eigenvalue weighted by molar-refractivity contribution is 0.262. The van der Waals surface area contributed by atoms with Gasteiger partial charge in [-0.2, -0.15) is 5.10 Å². The average molecular weight is 523 g/mol. The Hall–Kier alpha value is -2.75. The van der Waals surface area contributed by atoms with Gasteiger partial charge >= 0.3 is 6.03 Å². The van der Waals surface area contributed by atoms with Gasteiger partial charge in [-0.3, -0.25) is 4.68 Å². The number of halogens is 2. The van der Waals surface area contributed by atoms with E-state index >= 15 is 0 Å². The zero-order valence-electron chi connectivity index (χ0n) is 18.0. The Balaban J connectivity index is 1.81. The number of amides is 2. The molecule has 0 aliphatic rings. The van der Waals surface area contributed by atoms with Crippen LogP contribution in [0.4, 0.5) is 16.2 Å². The maximum absolute atomic E-state index is 12.5. The van der Waals surface area contributed by atoms with Crippen molar-refractivity contribution in [1.82, 2.24) is 14.7 Å². The predicted molar refractivity (Wildman–Crippen MR) is 131 cm³/mol. The summed E-state index contributed by atoms with van der Waals surface area (Å²) in [6, 6.07) is 9.37.